The van der Waals surface area contributed by atoms with Crippen molar-refractivity contribution < 1.29 is 31.2 Å². The van der Waals surface area contributed by atoms with Gasteiger partial charge in [0, 0.05) is 12.6 Å². The fourth-order valence-electron chi connectivity index (χ4n) is 3.44. The molecule has 2 amide bonds. The molecule has 2 aromatic rings. The number of aryl methyl sites for hydroxylation is 1. The third kappa shape index (κ3) is 8.36. The first-order chi connectivity index (χ1) is 17.0. The van der Waals surface area contributed by atoms with Crippen molar-refractivity contribution in [1.29, 1.82) is 0 Å². The van der Waals surface area contributed by atoms with Crippen LogP contribution in [-0.2, 0) is 32.3 Å². The van der Waals surface area contributed by atoms with Crippen LogP contribution >= 0.6 is 11.6 Å². The van der Waals surface area contributed by atoms with Crippen molar-refractivity contribution in [2.45, 2.75) is 58.9 Å². The third-order valence-corrected chi connectivity index (χ3v) is 7.33. The van der Waals surface area contributed by atoms with Crippen LogP contribution in [0.2, 0.25) is 5.02 Å². The van der Waals surface area contributed by atoms with Crippen LogP contribution in [0.3, 0.4) is 0 Å². The van der Waals surface area contributed by atoms with Gasteiger partial charge < -0.3 is 10.2 Å². The fourth-order valence-corrected chi connectivity index (χ4v) is 4.50. The summed E-state index contributed by atoms with van der Waals surface area (Å²) in [6.07, 6.45) is -3.39. The molecule has 0 aliphatic heterocycles. The van der Waals surface area contributed by atoms with E-state index in [1.807, 2.05) is 26.0 Å². The molecule has 0 spiro atoms. The molecular formula is C25H31ClF3N3O4S. The number of nitrogens with zero attached hydrogens (tertiary/aromatic N) is 2. The molecule has 0 fully saturated rings. The zero-order chi connectivity index (χ0) is 28.1. The SMILES string of the molecule is CC[C@@H](C)NC(=O)[C@@H](C)N(Cc1ccc(C)cc1)C(=O)CN(c1ccc(Cl)c(C(F)(F)F)c1)S(C)(=O)=O. The van der Waals surface area contributed by atoms with Crippen LogP contribution in [0.15, 0.2) is 42.5 Å². The molecule has 37 heavy (non-hydrogen) atoms. The van der Waals surface area contributed by atoms with E-state index in [0.717, 1.165) is 24.0 Å². The Hall–Kier alpha value is -2.79. The number of halogens is 4. The summed E-state index contributed by atoms with van der Waals surface area (Å²) in [4.78, 5) is 27.6. The molecule has 204 valence electrons. The molecule has 12 heteroatoms. The van der Waals surface area contributed by atoms with Crippen LogP contribution in [0.4, 0.5) is 18.9 Å². The minimum atomic E-state index is -4.83. The van der Waals surface area contributed by atoms with Crippen LogP contribution in [0.1, 0.15) is 43.9 Å². The maximum Gasteiger partial charge on any atom is 0.417 e. The summed E-state index contributed by atoms with van der Waals surface area (Å²) in [5, 5.41) is 2.20. The Balaban J connectivity index is 2.47. The van der Waals surface area contributed by atoms with E-state index in [-0.39, 0.29) is 18.3 Å². The summed E-state index contributed by atoms with van der Waals surface area (Å²) >= 11 is 5.68. The Kier molecular flexibility index (Phi) is 10.0. The predicted octanol–water partition coefficient (Wildman–Crippen LogP) is 4.77. The third-order valence-electron chi connectivity index (χ3n) is 5.86. The lowest BCUT2D eigenvalue weighted by atomic mass is 10.1. The normalized spacial score (nSPS) is 13.5. The van der Waals surface area contributed by atoms with Gasteiger partial charge in [-0.2, -0.15) is 13.2 Å². The molecular weight excluding hydrogens is 531 g/mol. The smallest absolute Gasteiger partial charge is 0.352 e. The van der Waals surface area contributed by atoms with Gasteiger partial charge in [-0.3, -0.25) is 13.9 Å². The molecule has 0 heterocycles. The lowest BCUT2D eigenvalue weighted by molar-refractivity contribution is -0.139. The van der Waals surface area contributed by atoms with Gasteiger partial charge in [-0.25, -0.2) is 8.42 Å². The summed E-state index contributed by atoms with van der Waals surface area (Å²) in [6.45, 7) is 6.26. The number of alkyl halides is 3. The molecule has 2 rings (SSSR count). The predicted molar refractivity (Wildman–Crippen MR) is 138 cm³/mol. The van der Waals surface area contributed by atoms with E-state index in [4.69, 9.17) is 11.6 Å². The van der Waals surface area contributed by atoms with Gasteiger partial charge in [0.25, 0.3) is 0 Å². The lowest BCUT2D eigenvalue weighted by Gasteiger charge is -2.32. The van der Waals surface area contributed by atoms with Crippen LogP contribution in [0.5, 0.6) is 0 Å². The number of amides is 2. The molecule has 0 aliphatic carbocycles. The summed E-state index contributed by atoms with van der Waals surface area (Å²) in [5.74, 6) is -1.20. The summed E-state index contributed by atoms with van der Waals surface area (Å²) in [5.41, 5.74) is 0.0692. The monoisotopic (exact) mass is 561 g/mol. The summed E-state index contributed by atoms with van der Waals surface area (Å²) < 4.78 is 66.0. The molecule has 0 aliphatic rings. The highest BCUT2D eigenvalue weighted by atomic mass is 35.5. The van der Waals surface area contributed by atoms with E-state index in [1.54, 1.807) is 19.1 Å². The molecule has 2 aromatic carbocycles. The molecule has 0 saturated heterocycles. The maximum absolute atomic E-state index is 13.5. The van der Waals surface area contributed by atoms with Gasteiger partial charge in [-0.1, -0.05) is 48.4 Å². The zero-order valence-corrected chi connectivity index (χ0v) is 22.8. The van der Waals surface area contributed by atoms with E-state index < -0.39 is 51.2 Å². The molecule has 7 nitrogen and oxygen atoms in total. The zero-order valence-electron chi connectivity index (χ0n) is 21.3. The number of anilines is 1. The highest BCUT2D eigenvalue weighted by molar-refractivity contribution is 7.92. The first kappa shape index (κ1) is 30.4. The molecule has 2 atom stereocenters. The highest BCUT2D eigenvalue weighted by Gasteiger charge is 2.35. The van der Waals surface area contributed by atoms with E-state index in [2.05, 4.69) is 5.32 Å². The van der Waals surface area contributed by atoms with Crippen LogP contribution in [0.25, 0.3) is 0 Å². The van der Waals surface area contributed by atoms with Crippen molar-refractivity contribution in [2.75, 3.05) is 17.1 Å². The molecule has 1 N–H and O–H groups in total. The Morgan fingerprint density at radius 2 is 1.68 bits per heavy atom. The van der Waals surface area contributed by atoms with Crippen LogP contribution in [0, 0.1) is 6.92 Å². The second kappa shape index (κ2) is 12.2. The molecule has 0 saturated carbocycles. The standard InChI is InChI=1S/C25H31ClF3N3O4S/c1-6-17(3)30-24(34)18(4)31(14-19-9-7-16(2)8-10-19)23(33)15-32(37(5,35)36)20-11-12-22(26)21(13-20)25(27,28)29/h7-13,17-18H,6,14-15H2,1-5H3,(H,30,34)/t17-,18-/m1/s1. The van der Waals surface area contributed by atoms with E-state index in [0.29, 0.717) is 22.4 Å². The number of sulfonamides is 1. The minimum Gasteiger partial charge on any atom is -0.352 e. The van der Waals surface area contributed by atoms with Gasteiger partial charge in [0.2, 0.25) is 21.8 Å². The van der Waals surface area contributed by atoms with Crippen molar-refractivity contribution in [3.8, 4) is 0 Å². The minimum absolute atomic E-state index is 0.0137. The average Bonchev–Trinajstić information content (AvgIpc) is 2.80. The first-order valence-electron chi connectivity index (χ1n) is 11.5. The number of carbonyl (C=O) groups is 2. The van der Waals surface area contributed by atoms with E-state index in [1.165, 1.54) is 11.8 Å². The maximum atomic E-state index is 13.5. The highest BCUT2D eigenvalue weighted by Crippen LogP contribution is 2.37. The van der Waals surface area contributed by atoms with Gasteiger partial charge in [-0.05, 0) is 51.0 Å². The molecule has 0 aromatic heterocycles. The fraction of sp³-hybridized carbons (Fsp3) is 0.440. The molecule has 0 radical (unpaired) electrons. The first-order valence-corrected chi connectivity index (χ1v) is 13.8. The van der Waals surface area contributed by atoms with Gasteiger partial charge in [0.1, 0.15) is 12.6 Å². The molecule has 0 bridgehead atoms. The summed E-state index contributed by atoms with van der Waals surface area (Å²) in [7, 11) is -4.19. The van der Waals surface area contributed by atoms with Gasteiger partial charge >= 0.3 is 6.18 Å². The van der Waals surface area contributed by atoms with E-state index in [9.17, 15) is 31.2 Å². The van der Waals surface area contributed by atoms with Crippen LogP contribution in [-0.4, -0.2) is 50.0 Å². The number of benzene rings is 2. The number of nitrogens with one attached hydrogen (secondary N) is 1. The van der Waals surface area contributed by atoms with Crippen molar-refractivity contribution in [3.05, 3.63) is 64.2 Å². The van der Waals surface area contributed by atoms with Crippen molar-refractivity contribution in [3.63, 3.8) is 0 Å². The topological polar surface area (TPSA) is 86.8 Å². The Morgan fingerprint density at radius 3 is 2.19 bits per heavy atom. The van der Waals surface area contributed by atoms with E-state index >= 15 is 0 Å². The number of hydrogen-bond donors (Lipinski definition) is 1. The number of rotatable bonds is 10. The number of carbonyl (C=O) groups excluding carboxylic acids is 2. The lowest BCUT2D eigenvalue weighted by Crippen LogP contribution is -2.52. The number of hydrogen-bond acceptors (Lipinski definition) is 4. The quantitative estimate of drug-likeness (QED) is 0.453. The second-order valence-corrected chi connectivity index (χ2v) is 11.2. The Labute approximate surface area is 220 Å². The van der Waals surface area contributed by atoms with Crippen molar-refractivity contribution in [1.82, 2.24) is 10.2 Å². The average molecular weight is 562 g/mol. The largest absolute Gasteiger partial charge is 0.417 e. The summed E-state index contributed by atoms with van der Waals surface area (Å²) in [6, 6.07) is 8.67. The Morgan fingerprint density at radius 1 is 1.08 bits per heavy atom. The van der Waals surface area contributed by atoms with Gasteiger partial charge in [0.15, 0.2) is 0 Å². The van der Waals surface area contributed by atoms with Crippen molar-refractivity contribution >= 4 is 39.1 Å². The van der Waals surface area contributed by atoms with Crippen molar-refractivity contribution in [2.24, 2.45) is 0 Å². The van der Waals surface area contributed by atoms with Gasteiger partial charge in [-0.15, -0.1) is 0 Å². The van der Waals surface area contributed by atoms with Gasteiger partial charge in [0.05, 0.1) is 22.5 Å². The Bertz CT molecular complexity index is 1220. The van der Waals surface area contributed by atoms with Crippen LogP contribution < -0.4 is 9.62 Å². The molecule has 0 unspecified atom stereocenters. The second-order valence-electron chi connectivity index (χ2n) is 8.93.